The van der Waals surface area contributed by atoms with Crippen molar-refractivity contribution in [3.63, 3.8) is 0 Å². The smallest absolute Gasteiger partial charge is 0.328 e. The maximum atomic E-state index is 12.0. The van der Waals surface area contributed by atoms with Crippen LogP contribution >= 0.6 is 0 Å². The highest BCUT2D eigenvalue weighted by atomic mass is 16.5. The number of methoxy groups -OCH3 is 1. The third-order valence-electron chi connectivity index (χ3n) is 3.85. The minimum Gasteiger partial charge on any atom is -0.383 e. The van der Waals surface area contributed by atoms with E-state index in [0.29, 0.717) is 19.6 Å². The Kier molecular flexibility index (Phi) is 5.19. The van der Waals surface area contributed by atoms with Gasteiger partial charge in [0.15, 0.2) is 0 Å². The number of amides is 1. The largest absolute Gasteiger partial charge is 0.383 e. The van der Waals surface area contributed by atoms with E-state index in [9.17, 15) is 14.9 Å². The Morgan fingerprint density at radius 3 is 2.70 bits per heavy atom. The molecule has 0 spiro atoms. The standard InChI is InChI=1S/C16H20N4O3/c1-19-13-5-4-11(9-14(13)20(2)16(19)22)8-12(10-17)15(21)18-6-7-23-3/h4-5,9,12H,6-8H2,1-3H3,(H,18,21)/t12-/m0/s1. The lowest BCUT2D eigenvalue weighted by Crippen LogP contribution is -2.33. The first kappa shape index (κ1) is 16.8. The second-order valence-corrected chi connectivity index (χ2v) is 5.39. The van der Waals surface area contributed by atoms with E-state index in [1.807, 2.05) is 24.3 Å². The van der Waals surface area contributed by atoms with Crippen LogP contribution in [0.2, 0.25) is 0 Å². The normalized spacial score (nSPS) is 12.1. The molecule has 7 nitrogen and oxygen atoms in total. The van der Waals surface area contributed by atoms with Crippen molar-refractivity contribution in [2.45, 2.75) is 6.42 Å². The Hall–Kier alpha value is -2.59. The Labute approximate surface area is 134 Å². The number of rotatable bonds is 6. The lowest BCUT2D eigenvalue weighted by atomic mass is 9.99. The number of nitrogens with zero attached hydrogens (tertiary/aromatic N) is 3. The number of imidazole rings is 1. The zero-order valence-corrected chi connectivity index (χ0v) is 13.5. The van der Waals surface area contributed by atoms with Crippen molar-refractivity contribution in [1.29, 1.82) is 5.26 Å². The first-order valence-corrected chi connectivity index (χ1v) is 7.30. The molecule has 0 radical (unpaired) electrons. The molecule has 7 heteroatoms. The number of benzene rings is 1. The molecule has 2 rings (SSSR count). The highest BCUT2D eigenvalue weighted by Crippen LogP contribution is 2.17. The molecule has 0 unspecified atom stereocenters. The molecule has 1 aromatic carbocycles. The minimum absolute atomic E-state index is 0.105. The fourth-order valence-corrected chi connectivity index (χ4v) is 2.51. The lowest BCUT2D eigenvalue weighted by molar-refractivity contribution is -0.123. The van der Waals surface area contributed by atoms with Gasteiger partial charge in [-0.2, -0.15) is 5.26 Å². The lowest BCUT2D eigenvalue weighted by Gasteiger charge is -2.10. The van der Waals surface area contributed by atoms with E-state index >= 15 is 0 Å². The van der Waals surface area contributed by atoms with Crippen LogP contribution in [0.5, 0.6) is 0 Å². The van der Waals surface area contributed by atoms with E-state index in [1.54, 1.807) is 30.3 Å². The topological polar surface area (TPSA) is 89.1 Å². The van der Waals surface area contributed by atoms with Crippen LogP contribution in [0.4, 0.5) is 0 Å². The van der Waals surface area contributed by atoms with E-state index in [-0.39, 0.29) is 11.6 Å². The van der Waals surface area contributed by atoms with Gasteiger partial charge in [0.05, 0.1) is 23.7 Å². The molecule has 0 aliphatic rings. The van der Waals surface area contributed by atoms with E-state index in [2.05, 4.69) is 5.32 Å². The van der Waals surface area contributed by atoms with Crippen molar-refractivity contribution >= 4 is 16.9 Å². The highest BCUT2D eigenvalue weighted by Gasteiger charge is 2.19. The SMILES string of the molecule is COCCNC(=O)[C@H](C#N)Cc1ccc2c(c1)n(C)c(=O)n2C. The van der Waals surface area contributed by atoms with E-state index in [1.165, 1.54) is 0 Å². The number of aromatic nitrogens is 2. The molecule has 122 valence electrons. The van der Waals surface area contributed by atoms with Crippen molar-refractivity contribution < 1.29 is 9.53 Å². The molecule has 0 bridgehead atoms. The summed E-state index contributed by atoms with van der Waals surface area (Å²) in [6, 6.07) is 7.56. The third kappa shape index (κ3) is 3.43. The molecule has 1 atom stereocenters. The van der Waals surface area contributed by atoms with E-state index in [0.717, 1.165) is 16.6 Å². The molecule has 1 heterocycles. The molecule has 1 amide bonds. The Bertz CT molecular complexity index is 813. The number of carbonyl (C=O) groups excluding carboxylic acids is 1. The summed E-state index contributed by atoms with van der Waals surface area (Å²) in [6.07, 6.45) is 0.300. The number of nitriles is 1. The molecular formula is C16H20N4O3. The number of hydrogen-bond acceptors (Lipinski definition) is 4. The van der Waals surface area contributed by atoms with Gasteiger partial charge in [-0.05, 0) is 24.1 Å². The van der Waals surface area contributed by atoms with Crippen LogP contribution in [0.25, 0.3) is 11.0 Å². The quantitative estimate of drug-likeness (QED) is 0.777. The van der Waals surface area contributed by atoms with Gasteiger partial charge in [0.1, 0.15) is 5.92 Å². The van der Waals surface area contributed by atoms with Crippen LogP contribution in [-0.2, 0) is 30.0 Å². The highest BCUT2D eigenvalue weighted by molar-refractivity contribution is 5.82. The average molecular weight is 316 g/mol. The van der Waals surface area contributed by atoms with Crippen LogP contribution in [-0.4, -0.2) is 35.3 Å². The molecule has 0 aliphatic heterocycles. The predicted molar refractivity (Wildman–Crippen MR) is 85.9 cm³/mol. The number of aryl methyl sites for hydroxylation is 2. The van der Waals surface area contributed by atoms with Gasteiger partial charge in [0, 0.05) is 27.7 Å². The number of carbonyl (C=O) groups is 1. The summed E-state index contributed by atoms with van der Waals surface area (Å²) in [5.74, 6) is -1.09. The van der Waals surface area contributed by atoms with Gasteiger partial charge in [-0.15, -0.1) is 0 Å². The molecular weight excluding hydrogens is 296 g/mol. The molecule has 0 saturated carbocycles. The fraction of sp³-hybridized carbons (Fsp3) is 0.438. The monoisotopic (exact) mass is 316 g/mol. The van der Waals surface area contributed by atoms with E-state index < -0.39 is 5.92 Å². The number of fused-ring (bicyclic) bond motifs is 1. The van der Waals surface area contributed by atoms with Gasteiger partial charge >= 0.3 is 5.69 Å². The van der Waals surface area contributed by atoms with Crippen LogP contribution in [0.15, 0.2) is 23.0 Å². The van der Waals surface area contributed by atoms with Crippen LogP contribution in [0.1, 0.15) is 5.56 Å². The number of hydrogen-bond donors (Lipinski definition) is 1. The van der Waals surface area contributed by atoms with Crippen LogP contribution in [0, 0.1) is 17.2 Å². The van der Waals surface area contributed by atoms with E-state index in [4.69, 9.17) is 4.74 Å². The predicted octanol–water partition coefficient (Wildman–Crippen LogP) is 0.322. The molecule has 23 heavy (non-hydrogen) atoms. The van der Waals surface area contributed by atoms with Gasteiger partial charge in [-0.3, -0.25) is 13.9 Å². The van der Waals surface area contributed by atoms with Crippen molar-refractivity contribution in [2.75, 3.05) is 20.3 Å². The zero-order chi connectivity index (χ0) is 17.0. The molecule has 0 fully saturated rings. The summed E-state index contributed by atoms with van der Waals surface area (Å²) in [7, 11) is 4.96. The van der Waals surface area contributed by atoms with Crippen molar-refractivity contribution in [3.05, 3.63) is 34.2 Å². The van der Waals surface area contributed by atoms with Gasteiger partial charge in [0.2, 0.25) is 5.91 Å². The maximum absolute atomic E-state index is 12.0. The Balaban J connectivity index is 2.20. The summed E-state index contributed by atoms with van der Waals surface area (Å²) in [5.41, 5.74) is 2.34. The summed E-state index contributed by atoms with van der Waals surface area (Å²) < 4.78 is 7.99. The Morgan fingerprint density at radius 2 is 2.04 bits per heavy atom. The van der Waals surface area contributed by atoms with Crippen LogP contribution < -0.4 is 11.0 Å². The van der Waals surface area contributed by atoms with Gasteiger partial charge in [0.25, 0.3) is 0 Å². The summed E-state index contributed by atoms with van der Waals surface area (Å²) in [5, 5.41) is 11.9. The number of nitrogens with one attached hydrogen (secondary N) is 1. The zero-order valence-electron chi connectivity index (χ0n) is 13.5. The second-order valence-electron chi connectivity index (χ2n) is 5.39. The first-order valence-electron chi connectivity index (χ1n) is 7.30. The molecule has 1 aromatic heterocycles. The van der Waals surface area contributed by atoms with Crippen molar-refractivity contribution in [2.24, 2.45) is 20.0 Å². The first-order chi connectivity index (χ1) is 11.0. The van der Waals surface area contributed by atoms with Gasteiger partial charge < -0.3 is 10.1 Å². The van der Waals surface area contributed by atoms with Gasteiger partial charge in [-0.1, -0.05) is 6.07 Å². The van der Waals surface area contributed by atoms with Crippen molar-refractivity contribution in [3.8, 4) is 6.07 Å². The fourth-order valence-electron chi connectivity index (χ4n) is 2.51. The number of ether oxygens (including phenoxy) is 1. The molecule has 0 aliphatic carbocycles. The molecule has 1 N–H and O–H groups in total. The maximum Gasteiger partial charge on any atom is 0.328 e. The second kappa shape index (κ2) is 7.11. The average Bonchev–Trinajstić information content (AvgIpc) is 2.77. The van der Waals surface area contributed by atoms with Crippen molar-refractivity contribution in [1.82, 2.24) is 14.5 Å². The van der Waals surface area contributed by atoms with Crippen LogP contribution in [0.3, 0.4) is 0 Å². The third-order valence-corrected chi connectivity index (χ3v) is 3.85. The summed E-state index contributed by atoms with van der Waals surface area (Å²) >= 11 is 0. The molecule has 0 saturated heterocycles. The summed E-state index contributed by atoms with van der Waals surface area (Å²) in [4.78, 5) is 23.9. The Morgan fingerprint density at radius 1 is 1.35 bits per heavy atom. The summed E-state index contributed by atoms with van der Waals surface area (Å²) in [6.45, 7) is 0.779. The molecule has 2 aromatic rings. The minimum atomic E-state index is -0.773. The van der Waals surface area contributed by atoms with Gasteiger partial charge in [-0.25, -0.2) is 4.79 Å².